The third-order valence-electron chi connectivity index (χ3n) is 3.12. The Morgan fingerprint density at radius 2 is 2.14 bits per heavy atom. The summed E-state index contributed by atoms with van der Waals surface area (Å²) in [5.41, 5.74) is 1.55. The fourth-order valence-electron chi connectivity index (χ4n) is 2.15. The van der Waals surface area contributed by atoms with E-state index >= 15 is 0 Å². The van der Waals surface area contributed by atoms with Crippen LogP contribution < -0.4 is 5.32 Å². The van der Waals surface area contributed by atoms with E-state index in [0.29, 0.717) is 12.1 Å². The summed E-state index contributed by atoms with van der Waals surface area (Å²) >= 11 is 0. The van der Waals surface area contributed by atoms with Crippen LogP contribution in [-0.2, 0) is 11.3 Å². The number of hydrogen-bond donors (Lipinski definition) is 1. The lowest BCUT2D eigenvalue weighted by Gasteiger charge is -2.23. The van der Waals surface area contributed by atoms with Crippen molar-refractivity contribution in [1.29, 1.82) is 0 Å². The topological polar surface area (TPSA) is 45.2 Å². The third-order valence-corrected chi connectivity index (χ3v) is 3.12. The Labute approximate surface area is 123 Å². The van der Waals surface area contributed by atoms with Gasteiger partial charge in [-0.1, -0.05) is 18.2 Å². The summed E-state index contributed by atoms with van der Waals surface area (Å²) in [6.07, 6.45) is 3.38. The molecular weight excluding hydrogens is 269 g/mol. The molecule has 4 nitrogen and oxygen atoms in total. The van der Waals surface area contributed by atoms with Gasteiger partial charge in [-0.05, 0) is 43.4 Å². The molecule has 1 atom stereocenters. The molecule has 0 saturated heterocycles. The van der Waals surface area contributed by atoms with Crippen LogP contribution in [0.4, 0.5) is 4.39 Å². The van der Waals surface area contributed by atoms with Crippen LogP contribution >= 0.6 is 0 Å². The van der Waals surface area contributed by atoms with E-state index in [2.05, 4.69) is 10.3 Å². The third kappa shape index (κ3) is 4.10. The normalized spacial score (nSPS) is 12.2. The van der Waals surface area contributed by atoms with Gasteiger partial charge in [0.25, 0.3) is 0 Å². The van der Waals surface area contributed by atoms with E-state index < -0.39 is 6.04 Å². The molecule has 0 saturated carbocycles. The highest BCUT2D eigenvalue weighted by Crippen LogP contribution is 2.19. The fraction of sp³-hybridized carbons (Fsp3) is 0.250. The van der Waals surface area contributed by atoms with E-state index in [1.807, 2.05) is 12.1 Å². The summed E-state index contributed by atoms with van der Waals surface area (Å²) in [7, 11) is 3.58. The summed E-state index contributed by atoms with van der Waals surface area (Å²) in [5, 5.41) is 2.86. The van der Waals surface area contributed by atoms with Gasteiger partial charge in [-0.3, -0.25) is 14.7 Å². The number of benzene rings is 1. The Bertz CT molecular complexity index is 601. The standard InChI is InChI=1S/C16H18FN3O/c1-20(2)15(13-6-3-7-14(17)9-13)16(21)19-11-12-5-4-8-18-10-12/h3-10,15H,11H2,1-2H3,(H,19,21). The Kier molecular flexibility index (Phi) is 5.00. The lowest BCUT2D eigenvalue weighted by atomic mass is 10.0. The maximum Gasteiger partial charge on any atom is 0.242 e. The second-order valence-corrected chi connectivity index (χ2v) is 5.00. The van der Waals surface area contributed by atoms with E-state index in [4.69, 9.17) is 0 Å². The number of aromatic nitrogens is 1. The van der Waals surface area contributed by atoms with Crippen LogP contribution in [0.2, 0.25) is 0 Å². The summed E-state index contributed by atoms with van der Waals surface area (Å²) < 4.78 is 13.3. The molecular formula is C16H18FN3O. The van der Waals surface area contributed by atoms with Gasteiger partial charge in [0.15, 0.2) is 0 Å². The zero-order chi connectivity index (χ0) is 15.2. The highest BCUT2D eigenvalue weighted by molar-refractivity contribution is 5.83. The predicted octanol–water partition coefficient (Wildman–Crippen LogP) is 2.14. The molecule has 1 unspecified atom stereocenters. The molecule has 1 heterocycles. The van der Waals surface area contributed by atoms with Crippen molar-refractivity contribution in [2.45, 2.75) is 12.6 Å². The van der Waals surface area contributed by atoms with Crippen LogP contribution in [0.15, 0.2) is 48.8 Å². The van der Waals surface area contributed by atoms with Gasteiger partial charge in [0.05, 0.1) is 0 Å². The minimum atomic E-state index is -0.530. The quantitative estimate of drug-likeness (QED) is 0.916. The maximum absolute atomic E-state index is 13.3. The molecule has 0 radical (unpaired) electrons. The Morgan fingerprint density at radius 1 is 1.33 bits per heavy atom. The van der Waals surface area contributed by atoms with Gasteiger partial charge >= 0.3 is 0 Å². The van der Waals surface area contributed by atoms with Crippen molar-refractivity contribution in [3.05, 3.63) is 65.7 Å². The number of pyridine rings is 1. The van der Waals surface area contributed by atoms with Crippen molar-refractivity contribution < 1.29 is 9.18 Å². The second kappa shape index (κ2) is 6.95. The SMILES string of the molecule is CN(C)C(C(=O)NCc1cccnc1)c1cccc(F)c1. The first-order chi connectivity index (χ1) is 10.1. The summed E-state index contributed by atoms with van der Waals surface area (Å²) in [6, 6.07) is 9.28. The largest absolute Gasteiger partial charge is 0.350 e. The summed E-state index contributed by atoms with van der Waals surface area (Å²) in [4.78, 5) is 18.1. The van der Waals surface area contributed by atoms with Gasteiger partial charge in [-0.15, -0.1) is 0 Å². The minimum absolute atomic E-state index is 0.172. The molecule has 5 heteroatoms. The zero-order valence-electron chi connectivity index (χ0n) is 12.1. The van der Waals surface area contributed by atoms with Gasteiger partial charge in [-0.2, -0.15) is 0 Å². The first kappa shape index (κ1) is 15.1. The van der Waals surface area contributed by atoms with Crippen molar-refractivity contribution >= 4 is 5.91 Å². The van der Waals surface area contributed by atoms with Crippen molar-refractivity contribution in [2.24, 2.45) is 0 Å². The van der Waals surface area contributed by atoms with Gasteiger partial charge in [0, 0.05) is 18.9 Å². The highest BCUT2D eigenvalue weighted by Gasteiger charge is 2.22. The van der Waals surface area contributed by atoms with E-state index in [1.165, 1.54) is 12.1 Å². The lowest BCUT2D eigenvalue weighted by Crippen LogP contribution is -2.36. The molecule has 110 valence electrons. The molecule has 2 aromatic rings. The summed E-state index contributed by atoms with van der Waals surface area (Å²) in [6.45, 7) is 0.395. The number of nitrogens with zero attached hydrogens (tertiary/aromatic N) is 2. The molecule has 1 amide bonds. The predicted molar refractivity (Wildman–Crippen MR) is 78.9 cm³/mol. The number of carbonyl (C=O) groups excluding carboxylic acids is 1. The number of rotatable bonds is 5. The van der Waals surface area contributed by atoms with E-state index in [-0.39, 0.29) is 11.7 Å². The second-order valence-electron chi connectivity index (χ2n) is 5.00. The van der Waals surface area contributed by atoms with Gasteiger partial charge < -0.3 is 5.32 Å². The van der Waals surface area contributed by atoms with E-state index in [0.717, 1.165) is 5.56 Å². The van der Waals surface area contributed by atoms with Crippen LogP contribution in [0, 0.1) is 5.82 Å². The molecule has 21 heavy (non-hydrogen) atoms. The van der Waals surface area contributed by atoms with Crippen LogP contribution in [0.1, 0.15) is 17.2 Å². The van der Waals surface area contributed by atoms with Crippen LogP contribution in [0.25, 0.3) is 0 Å². The number of likely N-dealkylation sites (N-methyl/N-ethyl adjacent to an activating group) is 1. The van der Waals surface area contributed by atoms with Gasteiger partial charge in [-0.25, -0.2) is 4.39 Å². The molecule has 0 spiro atoms. The van der Waals surface area contributed by atoms with Gasteiger partial charge in [0.1, 0.15) is 11.9 Å². The molecule has 2 rings (SSSR count). The lowest BCUT2D eigenvalue weighted by molar-refractivity contribution is -0.125. The number of carbonyl (C=O) groups is 1. The first-order valence-corrected chi connectivity index (χ1v) is 6.66. The van der Waals surface area contributed by atoms with Crippen LogP contribution in [0.5, 0.6) is 0 Å². The smallest absolute Gasteiger partial charge is 0.242 e. The average molecular weight is 287 g/mol. The number of halogens is 1. The fourth-order valence-corrected chi connectivity index (χ4v) is 2.15. The molecule has 1 aromatic heterocycles. The Balaban J connectivity index is 2.09. The summed E-state index contributed by atoms with van der Waals surface area (Å²) in [5.74, 6) is -0.520. The monoisotopic (exact) mass is 287 g/mol. The molecule has 0 aliphatic heterocycles. The highest BCUT2D eigenvalue weighted by atomic mass is 19.1. The maximum atomic E-state index is 13.3. The molecule has 1 N–H and O–H groups in total. The Morgan fingerprint density at radius 3 is 2.76 bits per heavy atom. The number of nitrogens with one attached hydrogen (secondary N) is 1. The van der Waals surface area contributed by atoms with Crippen molar-refractivity contribution in [2.75, 3.05) is 14.1 Å². The molecule has 0 fully saturated rings. The molecule has 0 bridgehead atoms. The van der Waals surface area contributed by atoms with Gasteiger partial charge in [0.2, 0.25) is 5.91 Å². The first-order valence-electron chi connectivity index (χ1n) is 6.66. The van der Waals surface area contributed by atoms with Crippen molar-refractivity contribution in [3.63, 3.8) is 0 Å². The zero-order valence-corrected chi connectivity index (χ0v) is 12.1. The molecule has 1 aromatic carbocycles. The van der Waals surface area contributed by atoms with Crippen LogP contribution in [0.3, 0.4) is 0 Å². The number of amides is 1. The van der Waals surface area contributed by atoms with Crippen molar-refractivity contribution in [1.82, 2.24) is 15.2 Å². The average Bonchev–Trinajstić information content (AvgIpc) is 2.46. The molecule has 0 aliphatic rings. The van der Waals surface area contributed by atoms with Crippen LogP contribution in [-0.4, -0.2) is 29.9 Å². The van der Waals surface area contributed by atoms with E-state index in [9.17, 15) is 9.18 Å². The van der Waals surface area contributed by atoms with E-state index in [1.54, 1.807) is 43.5 Å². The Hall–Kier alpha value is -2.27. The molecule has 0 aliphatic carbocycles. The van der Waals surface area contributed by atoms with Crippen molar-refractivity contribution in [3.8, 4) is 0 Å². The minimum Gasteiger partial charge on any atom is -0.350 e. The number of hydrogen-bond acceptors (Lipinski definition) is 3.